The number of benzene rings is 1. The highest BCUT2D eigenvalue weighted by molar-refractivity contribution is 5.94. The molecule has 0 bridgehead atoms. The first-order valence-electron chi connectivity index (χ1n) is 11.1. The van der Waals surface area contributed by atoms with Gasteiger partial charge in [0.1, 0.15) is 17.0 Å². The fraction of sp³-hybridized carbons (Fsp3) is 0.375. The minimum absolute atomic E-state index is 0.0653. The second kappa shape index (κ2) is 8.74. The smallest absolute Gasteiger partial charge is 0.272 e. The van der Waals surface area contributed by atoms with E-state index in [0.29, 0.717) is 43.2 Å². The highest BCUT2D eigenvalue weighted by Crippen LogP contribution is 2.33. The van der Waals surface area contributed by atoms with Crippen LogP contribution in [-0.4, -0.2) is 55.4 Å². The summed E-state index contributed by atoms with van der Waals surface area (Å²) in [5.74, 6) is -0.221. The number of aryl methyl sites for hydroxylation is 1. The Bertz CT molecular complexity index is 1180. The summed E-state index contributed by atoms with van der Waals surface area (Å²) in [4.78, 5) is 31.6. The summed E-state index contributed by atoms with van der Waals surface area (Å²) < 4.78 is 8.20. The highest BCUT2D eigenvalue weighted by Gasteiger charge is 2.43. The second-order valence-corrected chi connectivity index (χ2v) is 8.66. The first-order valence-corrected chi connectivity index (χ1v) is 11.1. The lowest BCUT2D eigenvalue weighted by molar-refractivity contribution is -0.122. The third kappa shape index (κ3) is 4.23. The molecule has 1 unspecified atom stereocenters. The Balaban J connectivity index is 1.26. The van der Waals surface area contributed by atoms with Gasteiger partial charge >= 0.3 is 0 Å². The average molecular weight is 447 g/mol. The van der Waals surface area contributed by atoms with Gasteiger partial charge in [0.05, 0.1) is 31.9 Å². The Kier molecular flexibility index (Phi) is 5.63. The molecule has 2 aliphatic rings. The van der Waals surface area contributed by atoms with Crippen LogP contribution in [0.15, 0.2) is 48.7 Å². The lowest BCUT2D eigenvalue weighted by Gasteiger charge is -2.44. The van der Waals surface area contributed by atoms with Crippen LogP contribution >= 0.6 is 0 Å². The van der Waals surface area contributed by atoms with Crippen molar-refractivity contribution in [3.8, 4) is 0 Å². The van der Waals surface area contributed by atoms with Crippen LogP contribution in [0.3, 0.4) is 0 Å². The second-order valence-electron chi connectivity index (χ2n) is 8.66. The maximum Gasteiger partial charge on any atom is 0.272 e. The van der Waals surface area contributed by atoms with Crippen LogP contribution in [0, 0.1) is 6.92 Å². The third-order valence-corrected chi connectivity index (χ3v) is 6.36. The van der Waals surface area contributed by atoms with Crippen molar-refractivity contribution in [1.29, 1.82) is 0 Å². The number of amides is 2. The quantitative estimate of drug-likeness (QED) is 0.659. The topological polar surface area (TPSA) is 102 Å². The van der Waals surface area contributed by atoms with E-state index < -0.39 is 5.60 Å². The third-order valence-electron chi connectivity index (χ3n) is 6.36. The number of hydrogen-bond acceptors (Lipinski definition) is 6. The van der Waals surface area contributed by atoms with E-state index in [0.717, 1.165) is 24.1 Å². The van der Waals surface area contributed by atoms with E-state index in [2.05, 4.69) is 20.6 Å². The van der Waals surface area contributed by atoms with Crippen molar-refractivity contribution in [2.24, 2.45) is 0 Å². The first-order chi connectivity index (χ1) is 16.0. The van der Waals surface area contributed by atoms with Crippen LogP contribution in [0.1, 0.15) is 50.6 Å². The summed E-state index contributed by atoms with van der Waals surface area (Å²) in [7, 11) is 0. The molecule has 1 saturated heterocycles. The minimum atomic E-state index is -0.498. The van der Waals surface area contributed by atoms with Gasteiger partial charge in [0.15, 0.2) is 0 Å². The standard InChI is InChI=1S/C24H26N6O3/c1-17-7-5-11-25-21(17)23(32)29-12-6-10-24(15-29)16-30-20(14-33-24)19(27-28-30)13-26-22(31)18-8-3-2-4-9-18/h2-5,7-9,11H,6,10,12-16H2,1H3,(H,26,31). The van der Waals surface area contributed by atoms with Crippen LogP contribution in [0.25, 0.3) is 0 Å². The molecule has 170 valence electrons. The predicted octanol–water partition coefficient (Wildman–Crippen LogP) is 2.12. The van der Waals surface area contributed by atoms with Gasteiger partial charge < -0.3 is 15.0 Å². The van der Waals surface area contributed by atoms with E-state index in [4.69, 9.17) is 4.74 Å². The van der Waals surface area contributed by atoms with E-state index in [1.807, 2.05) is 46.8 Å². The van der Waals surface area contributed by atoms with Crippen LogP contribution < -0.4 is 5.32 Å². The molecule has 4 heterocycles. The van der Waals surface area contributed by atoms with Gasteiger partial charge in [-0.3, -0.25) is 14.6 Å². The monoisotopic (exact) mass is 446 g/mol. The van der Waals surface area contributed by atoms with Gasteiger partial charge in [-0.1, -0.05) is 29.5 Å². The number of aromatic nitrogens is 4. The van der Waals surface area contributed by atoms with Crippen molar-refractivity contribution >= 4 is 11.8 Å². The number of likely N-dealkylation sites (tertiary alicyclic amines) is 1. The highest BCUT2D eigenvalue weighted by atomic mass is 16.5. The molecule has 9 heteroatoms. The fourth-order valence-corrected chi connectivity index (χ4v) is 4.56. The number of nitrogens with one attached hydrogen (secondary N) is 1. The van der Waals surface area contributed by atoms with Gasteiger partial charge in [-0.15, -0.1) is 5.10 Å². The van der Waals surface area contributed by atoms with E-state index in [9.17, 15) is 9.59 Å². The molecule has 3 aromatic rings. The van der Waals surface area contributed by atoms with Gasteiger partial charge in [-0.05, 0) is 43.5 Å². The molecule has 1 fully saturated rings. The van der Waals surface area contributed by atoms with E-state index >= 15 is 0 Å². The van der Waals surface area contributed by atoms with Crippen LogP contribution in [0.2, 0.25) is 0 Å². The Morgan fingerprint density at radius 2 is 2.00 bits per heavy atom. The molecule has 5 rings (SSSR count). The molecule has 1 N–H and O–H groups in total. The summed E-state index contributed by atoms with van der Waals surface area (Å²) >= 11 is 0. The molecule has 0 saturated carbocycles. The summed E-state index contributed by atoms with van der Waals surface area (Å²) in [5.41, 5.74) is 3.02. The predicted molar refractivity (Wildman–Crippen MR) is 119 cm³/mol. The van der Waals surface area contributed by atoms with Crippen molar-refractivity contribution < 1.29 is 14.3 Å². The number of ether oxygens (including phenoxy) is 1. The number of rotatable bonds is 4. The number of pyridine rings is 1. The molecule has 33 heavy (non-hydrogen) atoms. The molecule has 1 atom stereocenters. The normalized spacial score (nSPS) is 19.8. The van der Waals surface area contributed by atoms with Crippen LogP contribution in [0.5, 0.6) is 0 Å². The summed E-state index contributed by atoms with van der Waals surface area (Å²) in [6.45, 7) is 4.21. The zero-order chi connectivity index (χ0) is 22.8. The zero-order valence-electron chi connectivity index (χ0n) is 18.5. The van der Waals surface area contributed by atoms with Crippen LogP contribution in [-0.2, 0) is 24.4 Å². The van der Waals surface area contributed by atoms with Crippen LogP contribution in [0.4, 0.5) is 0 Å². The van der Waals surface area contributed by atoms with Gasteiger partial charge in [-0.25, -0.2) is 4.68 Å². The summed E-state index contributed by atoms with van der Waals surface area (Å²) in [5, 5.41) is 11.5. The number of hydrogen-bond donors (Lipinski definition) is 1. The van der Waals surface area contributed by atoms with Gasteiger partial charge in [-0.2, -0.15) is 0 Å². The van der Waals surface area contributed by atoms with Gasteiger partial charge in [0.25, 0.3) is 11.8 Å². The lowest BCUT2D eigenvalue weighted by atomic mass is 9.91. The number of carbonyl (C=O) groups excluding carboxylic acids is 2. The maximum absolute atomic E-state index is 13.1. The van der Waals surface area contributed by atoms with Gasteiger partial charge in [0, 0.05) is 18.3 Å². The molecular weight excluding hydrogens is 420 g/mol. The van der Waals surface area contributed by atoms with Crippen molar-refractivity contribution in [3.63, 3.8) is 0 Å². The molecule has 2 aliphatic heterocycles. The zero-order valence-corrected chi connectivity index (χ0v) is 18.5. The number of carbonyl (C=O) groups is 2. The van der Waals surface area contributed by atoms with Crippen molar-refractivity contribution in [1.82, 2.24) is 30.2 Å². The summed E-state index contributed by atoms with van der Waals surface area (Å²) in [6.07, 6.45) is 3.34. The fourth-order valence-electron chi connectivity index (χ4n) is 4.56. The van der Waals surface area contributed by atoms with Crippen molar-refractivity contribution in [3.05, 3.63) is 76.9 Å². The largest absolute Gasteiger partial charge is 0.365 e. The molecule has 0 aliphatic carbocycles. The van der Waals surface area contributed by atoms with E-state index in [-0.39, 0.29) is 18.4 Å². The molecule has 1 spiro atoms. The molecule has 2 aromatic heterocycles. The first kappa shape index (κ1) is 21.3. The molecule has 0 radical (unpaired) electrons. The molecular formula is C24H26N6O3. The van der Waals surface area contributed by atoms with Gasteiger partial charge in [0.2, 0.25) is 0 Å². The number of piperidine rings is 1. The maximum atomic E-state index is 13.1. The Hall–Kier alpha value is -3.59. The summed E-state index contributed by atoms with van der Waals surface area (Å²) in [6, 6.07) is 12.8. The molecule has 2 amide bonds. The average Bonchev–Trinajstić information content (AvgIpc) is 3.24. The number of fused-ring (bicyclic) bond motifs is 1. The Morgan fingerprint density at radius 1 is 1.15 bits per heavy atom. The molecule has 9 nitrogen and oxygen atoms in total. The molecule has 1 aromatic carbocycles. The Labute approximate surface area is 191 Å². The van der Waals surface area contributed by atoms with Crippen molar-refractivity contribution in [2.45, 2.75) is 45.1 Å². The Morgan fingerprint density at radius 3 is 2.82 bits per heavy atom. The van der Waals surface area contributed by atoms with Crippen molar-refractivity contribution in [2.75, 3.05) is 13.1 Å². The lowest BCUT2D eigenvalue weighted by Crippen LogP contribution is -2.55. The minimum Gasteiger partial charge on any atom is -0.365 e. The SMILES string of the molecule is Cc1cccnc1C(=O)N1CCCC2(C1)Cn1nnc(CNC(=O)c3ccccc3)c1CO2. The van der Waals surface area contributed by atoms with E-state index in [1.54, 1.807) is 18.3 Å². The van der Waals surface area contributed by atoms with E-state index in [1.165, 1.54) is 0 Å². The number of nitrogens with zero attached hydrogens (tertiary/aromatic N) is 5.